The molecule has 0 aliphatic carbocycles. The van der Waals surface area contributed by atoms with E-state index in [9.17, 15) is 9.59 Å². The molecule has 2 N–H and O–H groups in total. The molecule has 0 saturated heterocycles. The molecule has 30 heavy (non-hydrogen) atoms. The van der Waals surface area contributed by atoms with E-state index in [0.717, 1.165) is 48.3 Å². The van der Waals surface area contributed by atoms with Gasteiger partial charge in [0.25, 0.3) is 0 Å². The van der Waals surface area contributed by atoms with E-state index in [1.165, 1.54) is 9.75 Å². The molecule has 0 fully saturated rings. The summed E-state index contributed by atoms with van der Waals surface area (Å²) in [4.78, 5) is 28.3. The highest BCUT2D eigenvalue weighted by Crippen LogP contribution is 2.15. The normalized spacial score (nSPS) is 11.4. The standard InChI is InChI=1S/C22H30N4O2S2/c1-3-17-11-13-19(29-17)15-23-25-21(27)9-7-5-6-8-10-22(28)26-24-16-20-14-12-18(4-2)30-20/h11-16H,3-10H2,1-2H3,(H,25,27)(H,26,28). The average molecular weight is 447 g/mol. The second-order valence-electron chi connectivity index (χ2n) is 6.82. The van der Waals surface area contributed by atoms with Crippen LogP contribution in [0.3, 0.4) is 0 Å². The van der Waals surface area contributed by atoms with Crippen LogP contribution in [-0.2, 0) is 22.4 Å². The minimum Gasteiger partial charge on any atom is -0.273 e. The molecule has 0 aliphatic rings. The first-order valence-corrected chi connectivity index (χ1v) is 12.0. The van der Waals surface area contributed by atoms with E-state index in [-0.39, 0.29) is 11.8 Å². The molecule has 162 valence electrons. The minimum absolute atomic E-state index is 0.0783. The van der Waals surface area contributed by atoms with Crippen molar-refractivity contribution in [1.82, 2.24) is 10.9 Å². The van der Waals surface area contributed by atoms with Gasteiger partial charge in [0.2, 0.25) is 11.8 Å². The second kappa shape index (κ2) is 13.8. The van der Waals surface area contributed by atoms with E-state index in [2.05, 4.69) is 47.0 Å². The van der Waals surface area contributed by atoms with Gasteiger partial charge in [0.15, 0.2) is 0 Å². The van der Waals surface area contributed by atoms with E-state index in [1.807, 2.05) is 12.1 Å². The van der Waals surface area contributed by atoms with Gasteiger partial charge in [-0.1, -0.05) is 26.7 Å². The highest BCUT2D eigenvalue weighted by atomic mass is 32.1. The summed E-state index contributed by atoms with van der Waals surface area (Å²) in [5.41, 5.74) is 5.13. The van der Waals surface area contributed by atoms with Crippen molar-refractivity contribution in [2.24, 2.45) is 10.2 Å². The van der Waals surface area contributed by atoms with Crippen LogP contribution in [0.5, 0.6) is 0 Å². The van der Waals surface area contributed by atoms with Gasteiger partial charge >= 0.3 is 0 Å². The molecule has 0 spiro atoms. The van der Waals surface area contributed by atoms with E-state index < -0.39 is 0 Å². The fourth-order valence-corrected chi connectivity index (χ4v) is 4.33. The molecule has 6 nitrogen and oxygen atoms in total. The summed E-state index contributed by atoms with van der Waals surface area (Å²) in [6, 6.07) is 8.16. The molecule has 2 aromatic rings. The summed E-state index contributed by atoms with van der Waals surface area (Å²) in [5, 5.41) is 8.01. The van der Waals surface area contributed by atoms with Gasteiger partial charge in [0.05, 0.1) is 12.4 Å². The summed E-state index contributed by atoms with van der Waals surface area (Å²) >= 11 is 3.36. The quantitative estimate of drug-likeness (QED) is 0.261. The number of nitrogens with one attached hydrogen (secondary N) is 2. The number of unbranched alkanes of at least 4 members (excludes halogenated alkanes) is 3. The van der Waals surface area contributed by atoms with E-state index in [1.54, 1.807) is 35.1 Å². The molecule has 0 radical (unpaired) electrons. The van der Waals surface area contributed by atoms with Crippen LogP contribution in [0.2, 0.25) is 0 Å². The molecule has 0 atom stereocenters. The zero-order chi connectivity index (χ0) is 21.6. The Balaban J connectivity index is 1.48. The molecular formula is C22H30N4O2S2. The van der Waals surface area contributed by atoms with Crippen LogP contribution in [0.4, 0.5) is 0 Å². The van der Waals surface area contributed by atoms with Crippen molar-refractivity contribution in [3.05, 3.63) is 43.8 Å². The molecule has 0 unspecified atom stereocenters. The molecule has 2 rings (SSSR count). The molecule has 2 heterocycles. The van der Waals surface area contributed by atoms with Gasteiger partial charge in [-0.25, -0.2) is 10.9 Å². The lowest BCUT2D eigenvalue weighted by atomic mass is 10.1. The molecule has 0 aliphatic heterocycles. The number of hydrazone groups is 2. The van der Waals surface area contributed by atoms with Crippen LogP contribution in [0.1, 0.15) is 71.9 Å². The first-order valence-electron chi connectivity index (χ1n) is 10.4. The highest BCUT2D eigenvalue weighted by Gasteiger charge is 2.02. The van der Waals surface area contributed by atoms with Crippen LogP contribution in [0, 0.1) is 0 Å². The maximum atomic E-state index is 11.8. The number of rotatable bonds is 13. The van der Waals surface area contributed by atoms with Crippen molar-refractivity contribution < 1.29 is 9.59 Å². The van der Waals surface area contributed by atoms with Gasteiger partial charge in [0.1, 0.15) is 0 Å². The Morgan fingerprint density at radius 1 is 0.767 bits per heavy atom. The number of hydrogen-bond acceptors (Lipinski definition) is 6. The van der Waals surface area contributed by atoms with Crippen LogP contribution in [0.25, 0.3) is 0 Å². The third-order valence-electron chi connectivity index (χ3n) is 4.38. The van der Waals surface area contributed by atoms with Crippen molar-refractivity contribution in [3.63, 3.8) is 0 Å². The lowest BCUT2D eigenvalue weighted by molar-refractivity contribution is -0.122. The molecule has 2 aromatic heterocycles. The topological polar surface area (TPSA) is 82.9 Å². The lowest BCUT2D eigenvalue weighted by Crippen LogP contribution is -2.17. The summed E-state index contributed by atoms with van der Waals surface area (Å²) in [5.74, 6) is -0.157. The van der Waals surface area contributed by atoms with Crippen LogP contribution in [-0.4, -0.2) is 24.2 Å². The number of amides is 2. The molecule has 2 amide bonds. The van der Waals surface area contributed by atoms with Crippen LogP contribution < -0.4 is 10.9 Å². The monoisotopic (exact) mass is 446 g/mol. The van der Waals surface area contributed by atoms with Gasteiger partial charge in [-0.2, -0.15) is 10.2 Å². The Kier molecular flexibility index (Phi) is 11.0. The lowest BCUT2D eigenvalue weighted by Gasteiger charge is -2.01. The number of carbonyl (C=O) groups excluding carboxylic acids is 2. The Hall–Kier alpha value is -2.32. The zero-order valence-electron chi connectivity index (χ0n) is 17.6. The maximum absolute atomic E-state index is 11.8. The number of nitrogens with zero attached hydrogens (tertiary/aromatic N) is 2. The summed E-state index contributed by atoms with van der Waals surface area (Å²) < 4.78 is 0. The fraction of sp³-hybridized carbons (Fsp3) is 0.455. The third kappa shape index (κ3) is 9.45. The molecule has 0 bridgehead atoms. The molecule has 8 heteroatoms. The number of thiophene rings is 2. The van der Waals surface area contributed by atoms with E-state index in [0.29, 0.717) is 12.8 Å². The number of carbonyl (C=O) groups is 2. The Morgan fingerprint density at radius 3 is 1.57 bits per heavy atom. The minimum atomic E-state index is -0.0783. The van der Waals surface area contributed by atoms with Gasteiger partial charge in [-0.15, -0.1) is 22.7 Å². The SMILES string of the molecule is CCc1ccc(C=NNC(=O)CCCCCCC(=O)NN=Cc2ccc(CC)s2)s1. The predicted octanol–water partition coefficient (Wildman–Crippen LogP) is 4.88. The zero-order valence-corrected chi connectivity index (χ0v) is 19.3. The molecular weight excluding hydrogens is 416 g/mol. The number of hydrogen-bond donors (Lipinski definition) is 2. The van der Waals surface area contributed by atoms with Crippen molar-refractivity contribution in [2.45, 2.75) is 65.2 Å². The van der Waals surface area contributed by atoms with Crippen molar-refractivity contribution >= 4 is 46.9 Å². The second-order valence-corrected chi connectivity index (χ2v) is 9.22. The summed E-state index contributed by atoms with van der Waals surface area (Å²) in [6.45, 7) is 4.23. The van der Waals surface area contributed by atoms with Crippen LogP contribution >= 0.6 is 22.7 Å². The van der Waals surface area contributed by atoms with Gasteiger partial charge < -0.3 is 0 Å². The highest BCUT2D eigenvalue weighted by molar-refractivity contribution is 7.14. The van der Waals surface area contributed by atoms with Gasteiger partial charge in [0, 0.05) is 32.4 Å². The van der Waals surface area contributed by atoms with Crippen LogP contribution in [0.15, 0.2) is 34.5 Å². The number of aryl methyl sites for hydroxylation is 2. The van der Waals surface area contributed by atoms with E-state index >= 15 is 0 Å². The Morgan fingerprint density at radius 2 is 1.20 bits per heavy atom. The van der Waals surface area contributed by atoms with Crippen molar-refractivity contribution in [2.75, 3.05) is 0 Å². The largest absolute Gasteiger partial charge is 0.273 e. The Bertz CT molecular complexity index is 785. The molecule has 0 aromatic carbocycles. The van der Waals surface area contributed by atoms with Gasteiger partial charge in [-0.05, 0) is 49.9 Å². The Labute approximate surface area is 186 Å². The predicted molar refractivity (Wildman–Crippen MR) is 127 cm³/mol. The maximum Gasteiger partial charge on any atom is 0.240 e. The van der Waals surface area contributed by atoms with Crippen molar-refractivity contribution in [3.8, 4) is 0 Å². The summed E-state index contributed by atoms with van der Waals surface area (Å²) in [7, 11) is 0. The van der Waals surface area contributed by atoms with Crippen molar-refractivity contribution in [1.29, 1.82) is 0 Å². The molecule has 0 saturated carbocycles. The van der Waals surface area contributed by atoms with E-state index in [4.69, 9.17) is 0 Å². The van der Waals surface area contributed by atoms with Gasteiger partial charge in [-0.3, -0.25) is 9.59 Å². The summed E-state index contributed by atoms with van der Waals surface area (Å²) in [6.07, 6.45) is 9.67. The first-order chi connectivity index (χ1) is 14.6. The third-order valence-corrected chi connectivity index (χ3v) is 6.71. The average Bonchev–Trinajstić information content (AvgIpc) is 3.39. The first kappa shape index (κ1) is 24.0. The fourth-order valence-electron chi connectivity index (χ4n) is 2.68. The smallest absolute Gasteiger partial charge is 0.240 e.